The molecule has 0 bridgehead atoms. The SMILES string of the molecule is CC(C)(C)CC(O)CNS(=O)(=O)c1ccnc(Cl)c1. The Balaban J connectivity index is 2.66. The highest BCUT2D eigenvalue weighted by atomic mass is 35.5. The van der Waals surface area contributed by atoms with Crippen LogP contribution in [0.1, 0.15) is 27.2 Å². The van der Waals surface area contributed by atoms with Crippen LogP contribution in [-0.2, 0) is 10.0 Å². The van der Waals surface area contributed by atoms with Gasteiger partial charge in [0.2, 0.25) is 10.0 Å². The van der Waals surface area contributed by atoms with Gasteiger partial charge in [-0.1, -0.05) is 32.4 Å². The second-order valence-corrected chi connectivity index (χ2v) is 7.74. The lowest BCUT2D eigenvalue weighted by Crippen LogP contribution is -2.34. The number of hydrogen-bond donors (Lipinski definition) is 2. The van der Waals surface area contributed by atoms with Gasteiger partial charge in [-0.15, -0.1) is 0 Å². The second kappa shape index (κ2) is 6.17. The molecule has 0 amide bonds. The number of hydrogen-bond acceptors (Lipinski definition) is 4. The normalized spacial score (nSPS) is 14.4. The van der Waals surface area contributed by atoms with Gasteiger partial charge in [-0.3, -0.25) is 0 Å². The summed E-state index contributed by atoms with van der Waals surface area (Å²) in [6.45, 7) is 5.91. The van der Waals surface area contributed by atoms with Crippen LogP contribution in [0, 0.1) is 5.41 Å². The first-order chi connectivity index (χ1) is 8.60. The van der Waals surface area contributed by atoms with Gasteiger partial charge in [0.15, 0.2) is 0 Å². The summed E-state index contributed by atoms with van der Waals surface area (Å²) < 4.78 is 26.3. The van der Waals surface area contributed by atoms with E-state index in [0.29, 0.717) is 6.42 Å². The molecule has 0 saturated carbocycles. The standard InChI is InChI=1S/C12H19ClN2O3S/c1-12(2,3)7-9(16)8-15-19(17,18)10-4-5-14-11(13)6-10/h4-6,9,15-16H,7-8H2,1-3H3. The fraction of sp³-hybridized carbons (Fsp3) is 0.583. The molecule has 0 saturated heterocycles. The van der Waals surface area contributed by atoms with Gasteiger partial charge in [-0.25, -0.2) is 18.1 Å². The van der Waals surface area contributed by atoms with Gasteiger partial charge in [-0.05, 0) is 24.0 Å². The fourth-order valence-electron chi connectivity index (χ4n) is 1.62. The summed E-state index contributed by atoms with van der Waals surface area (Å²) in [5.41, 5.74) is -0.0646. The Kier molecular flexibility index (Phi) is 5.32. The fourth-order valence-corrected chi connectivity index (χ4v) is 2.94. The Hall–Kier alpha value is -0.690. The molecule has 1 aromatic rings. The number of nitrogens with one attached hydrogen (secondary N) is 1. The highest BCUT2D eigenvalue weighted by Crippen LogP contribution is 2.20. The first-order valence-corrected chi connectivity index (χ1v) is 7.75. The molecule has 1 unspecified atom stereocenters. The molecule has 108 valence electrons. The van der Waals surface area contributed by atoms with Gasteiger partial charge in [0.05, 0.1) is 11.0 Å². The minimum Gasteiger partial charge on any atom is -0.392 e. The van der Waals surface area contributed by atoms with Gasteiger partial charge in [0.1, 0.15) is 5.15 Å². The summed E-state index contributed by atoms with van der Waals surface area (Å²) >= 11 is 5.65. The Morgan fingerprint density at radius 2 is 2.11 bits per heavy atom. The largest absolute Gasteiger partial charge is 0.392 e. The molecule has 19 heavy (non-hydrogen) atoms. The van der Waals surface area contributed by atoms with Crippen molar-refractivity contribution in [1.82, 2.24) is 9.71 Å². The maximum atomic E-state index is 11.9. The van der Waals surface area contributed by atoms with Crippen LogP contribution in [0.3, 0.4) is 0 Å². The summed E-state index contributed by atoms with van der Waals surface area (Å²) in [6.07, 6.45) is 1.10. The maximum absolute atomic E-state index is 11.9. The molecule has 0 aliphatic rings. The van der Waals surface area contributed by atoms with Gasteiger partial charge < -0.3 is 5.11 Å². The zero-order chi connectivity index (χ0) is 14.7. The van der Waals surface area contributed by atoms with E-state index in [0.717, 1.165) is 0 Å². The summed E-state index contributed by atoms with van der Waals surface area (Å²) in [4.78, 5) is 3.76. The molecule has 0 fully saturated rings. The Bertz CT molecular complexity index is 526. The molecule has 7 heteroatoms. The molecule has 5 nitrogen and oxygen atoms in total. The van der Waals surface area contributed by atoms with Crippen molar-refractivity contribution in [2.45, 2.75) is 38.2 Å². The van der Waals surface area contributed by atoms with E-state index in [-0.39, 0.29) is 22.0 Å². The van der Waals surface area contributed by atoms with Gasteiger partial charge in [0.25, 0.3) is 0 Å². The Labute approximate surface area is 119 Å². The zero-order valence-electron chi connectivity index (χ0n) is 11.2. The molecule has 0 aromatic carbocycles. The molecule has 1 rings (SSSR count). The van der Waals surface area contributed by atoms with Crippen molar-refractivity contribution in [3.63, 3.8) is 0 Å². The van der Waals surface area contributed by atoms with Crippen LogP contribution < -0.4 is 4.72 Å². The van der Waals surface area contributed by atoms with Crippen LogP contribution in [-0.4, -0.2) is 31.2 Å². The van der Waals surface area contributed by atoms with Crippen LogP contribution in [0.5, 0.6) is 0 Å². The van der Waals surface area contributed by atoms with Crippen LogP contribution in [0.15, 0.2) is 23.2 Å². The molecular formula is C12H19ClN2O3S. The number of halogens is 1. The van der Waals surface area contributed by atoms with E-state index >= 15 is 0 Å². The lowest BCUT2D eigenvalue weighted by molar-refractivity contribution is 0.125. The monoisotopic (exact) mass is 306 g/mol. The molecule has 0 aliphatic carbocycles. The van der Waals surface area contributed by atoms with E-state index in [9.17, 15) is 13.5 Å². The summed E-state index contributed by atoms with van der Waals surface area (Å²) in [5.74, 6) is 0. The molecule has 2 N–H and O–H groups in total. The average Bonchev–Trinajstić information content (AvgIpc) is 2.24. The van der Waals surface area contributed by atoms with E-state index < -0.39 is 16.1 Å². The number of aliphatic hydroxyl groups is 1. The first kappa shape index (κ1) is 16.4. The molecule has 0 spiro atoms. The molecule has 0 radical (unpaired) electrons. The van der Waals surface area contributed by atoms with Crippen LogP contribution >= 0.6 is 11.6 Å². The highest BCUT2D eigenvalue weighted by Gasteiger charge is 2.20. The smallest absolute Gasteiger partial charge is 0.240 e. The van der Waals surface area contributed by atoms with Gasteiger partial charge >= 0.3 is 0 Å². The van der Waals surface area contributed by atoms with E-state index in [2.05, 4.69) is 9.71 Å². The van der Waals surface area contributed by atoms with Crippen molar-refractivity contribution in [2.75, 3.05) is 6.54 Å². The summed E-state index contributed by atoms with van der Waals surface area (Å²) in [6, 6.07) is 2.62. The number of pyridine rings is 1. The minimum atomic E-state index is -3.67. The topological polar surface area (TPSA) is 79.3 Å². The van der Waals surface area contributed by atoms with Crippen molar-refractivity contribution < 1.29 is 13.5 Å². The third-order valence-electron chi connectivity index (χ3n) is 2.37. The summed E-state index contributed by atoms with van der Waals surface area (Å²) in [7, 11) is -3.67. The van der Waals surface area contributed by atoms with Gasteiger partial charge in [-0.2, -0.15) is 0 Å². The van der Waals surface area contributed by atoms with Crippen LogP contribution in [0.2, 0.25) is 5.15 Å². The number of aromatic nitrogens is 1. The summed E-state index contributed by atoms with van der Waals surface area (Å²) in [5, 5.41) is 9.89. The number of aliphatic hydroxyl groups excluding tert-OH is 1. The third kappa shape index (κ3) is 5.86. The van der Waals surface area contributed by atoms with E-state index in [1.807, 2.05) is 20.8 Å². The Morgan fingerprint density at radius 1 is 1.47 bits per heavy atom. The molecular weight excluding hydrogens is 288 g/mol. The maximum Gasteiger partial charge on any atom is 0.240 e. The lowest BCUT2D eigenvalue weighted by Gasteiger charge is -2.22. The number of rotatable bonds is 5. The van der Waals surface area contributed by atoms with E-state index in [4.69, 9.17) is 11.6 Å². The lowest BCUT2D eigenvalue weighted by atomic mass is 9.89. The van der Waals surface area contributed by atoms with Crippen molar-refractivity contribution in [1.29, 1.82) is 0 Å². The van der Waals surface area contributed by atoms with Gasteiger partial charge in [0, 0.05) is 12.7 Å². The van der Waals surface area contributed by atoms with Crippen LogP contribution in [0.4, 0.5) is 0 Å². The number of nitrogens with zero attached hydrogens (tertiary/aromatic N) is 1. The van der Waals surface area contributed by atoms with E-state index in [1.165, 1.54) is 18.3 Å². The predicted octanol–water partition coefficient (Wildman–Crippen LogP) is 1.81. The molecule has 1 aromatic heterocycles. The highest BCUT2D eigenvalue weighted by molar-refractivity contribution is 7.89. The predicted molar refractivity (Wildman–Crippen MR) is 74.5 cm³/mol. The zero-order valence-corrected chi connectivity index (χ0v) is 12.8. The minimum absolute atomic E-state index is 0.0282. The van der Waals surface area contributed by atoms with Crippen molar-refractivity contribution in [3.8, 4) is 0 Å². The van der Waals surface area contributed by atoms with E-state index in [1.54, 1.807) is 0 Å². The molecule has 1 atom stereocenters. The third-order valence-corrected chi connectivity index (χ3v) is 3.99. The molecule has 1 heterocycles. The second-order valence-electron chi connectivity index (χ2n) is 5.58. The van der Waals surface area contributed by atoms with Crippen molar-refractivity contribution in [3.05, 3.63) is 23.5 Å². The quantitative estimate of drug-likeness (QED) is 0.813. The number of sulfonamides is 1. The first-order valence-electron chi connectivity index (χ1n) is 5.89. The Morgan fingerprint density at radius 3 is 2.63 bits per heavy atom. The average molecular weight is 307 g/mol. The van der Waals surface area contributed by atoms with Crippen molar-refractivity contribution in [2.24, 2.45) is 5.41 Å². The van der Waals surface area contributed by atoms with Crippen LogP contribution in [0.25, 0.3) is 0 Å². The van der Waals surface area contributed by atoms with Crippen molar-refractivity contribution >= 4 is 21.6 Å². The molecule has 0 aliphatic heterocycles.